The summed E-state index contributed by atoms with van der Waals surface area (Å²) in [6.45, 7) is 4.40. The Balaban J connectivity index is 2.39. The maximum Gasteiger partial charge on any atom is 0.218 e. The first-order chi connectivity index (χ1) is 7.39. The summed E-state index contributed by atoms with van der Waals surface area (Å²) in [6.07, 6.45) is 0. The van der Waals surface area contributed by atoms with Gasteiger partial charge in [-0.3, -0.25) is 0 Å². The molecule has 86 valence electrons. The molecule has 0 bridgehead atoms. The Bertz CT molecular complexity index is 471. The number of nitrogens with two attached hydrogens (primary N) is 1. The highest BCUT2D eigenvalue weighted by molar-refractivity contribution is 6.31. The number of hydrogen-bond donors (Lipinski definition) is 1. The molecule has 5 heteroatoms. The van der Waals surface area contributed by atoms with Gasteiger partial charge in [0.25, 0.3) is 0 Å². The largest absolute Gasteiger partial charge is 0.469 e. The van der Waals surface area contributed by atoms with E-state index in [1.165, 1.54) is 12.1 Å². The van der Waals surface area contributed by atoms with Gasteiger partial charge in [0, 0.05) is 5.69 Å². The average Bonchev–Trinajstić information content (AvgIpc) is 2.52. The number of benzene rings is 1. The zero-order chi connectivity index (χ0) is 11.9. The summed E-state index contributed by atoms with van der Waals surface area (Å²) in [5, 5.41) is 0.0141. The first-order valence-corrected chi connectivity index (χ1v) is 5.25. The SMILES string of the molecule is CC1(C)CN=C(c2cc(Cl)c(F)cc2N)O1. The molecule has 2 N–H and O–H groups in total. The molecule has 1 aromatic carbocycles. The second-order valence-electron chi connectivity index (χ2n) is 4.34. The lowest BCUT2D eigenvalue weighted by Gasteiger charge is -2.17. The van der Waals surface area contributed by atoms with Crippen molar-refractivity contribution in [1.29, 1.82) is 0 Å². The van der Waals surface area contributed by atoms with Crippen molar-refractivity contribution in [2.75, 3.05) is 12.3 Å². The lowest BCUT2D eigenvalue weighted by Crippen LogP contribution is -2.24. The van der Waals surface area contributed by atoms with Crippen LogP contribution in [0.2, 0.25) is 5.02 Å². The number of anilines is 1. The van der Waals surface area contributed by atoms with Crippen LogP contribution in [0.25, 0.3) is 0 Å². The smallest absolute Gasteiger partial charge is 0.218 e. The Kier molecular flexibility index (Phi) is 2.54. The lowest BCUT2D eigenvalue weighted by atomic mass is 10.1. The first kappa shape index (κ1) is 11.2. The molecule has 0 fully saturated rings. The molecule has 2 rings (SSSR count). The summed E-state index contributed by atoms with van der Waals surface area (Å²) in [5.74, 6) is -0.120. The van der Waals surface area contributed by atoms with Gasteiger partial charge in [0.05, 0.1) is 17.1 Å². The monoisotopic (exact) mass is 242 g/mol. The van der Waals surface area contributed by atoms with Crippen molar-refractivity contribution in [2.45, 2.75) is 19.4 Å². The molecule has 0 radical (unpaired) electrons. The van der Waals surface area contributed by atoms with Crippen molar-refractivity contribution in [3.8, 4) is 0 Å². The quantitative estimate of drug-likeness (QED) is 0.770. The van der Waals surface area contributed by atoms with Crippen LogP contribution < -0.4 is 5.73 Å². The molecule has 1 aliphatic rings. The molecule has 0 unspecified atom stereocenters. The molecule has 1 heterocycles. The van der Waals surface area contributed by atoms with Crippen LogP contribution in [-0.4, -0.2) is 18.0 Å². The van der Waals surface area contributed by atoms with Crippen LogP contribution in [-0.2, 0) is 4.74 Å². The summed E-state index contributed by atoms with van der Waals surface area (Å²) < 4.78 is 18.7. The molecule has 0 saturated carbocycles. The molecule has 0 spiro atoms. The summed E-state index contributed by atoms with van der Waals surface area (Å²) in [7, 11) is 0. The van der Waals surface area contributed by atoms with E-state index in [-0.39, 0.29) is 16.3 Å². The minimum Gasteiger partial charge on any atom is -0.469 e. The number of rotatable bonds is 1. The Labute approximate surface area is 98.1 Å². The first-order valence-electron chi connectivity index (χ1n) is 4.87. The van der Waals surface area contributed by atoms with Crippen LogP contribution in [0.15, 0.2) is 17.1 Å². The second kappa shape index (κ2) is 3.63. The molecule has 1 aromatic rings. The minimum atomic E-state index is -0.541. The number of ether oxygens (including phenoxy) is 1. The third kappa shape index (κ3) is 1.97. The molecule has 0 amide bonds. The van der Waals surface area contributed by atoms with E-state index in [1.807, 2.05) is 13.8 Å². The maximum atomic E-state index is 13.1. The highest BCUT2D eigenvalue weighted by atomic mass is 35.5. The van der Waals surface area contributed by atoms with Crippen molar-refractivity contribution >= 4 is 23.2 Å². The summed E-state index contributed by atoms with van der Waals surface area (Å²) in [5.41, 5.74) is 6.17. The Morgan fingerprint density at radius 3 is 2.75 bits per heavy atom. The van der Waals surface area contributed by atoms with Gasteiger partial charge in [0.1, 0.15) is 11.4 Å². The van der Waals surface area contributed by atoms with E-state index in [9.17, 15) is 4.39 Å². The fraction of sp³-hybridized carbons (Fsp3) is 0.364. The van der Waals surface area contributed by atoms with Crippen molar-refractivity contribution in [2.24, 2.45) is 4.99 Å². The third-order valence-electron chi connectivity index (χ3n) is 2.30. The molecule has 16 heavy (non-hydrogen) atoms. The number of nitrogens with zero attached hydrogens (tertiary/aromatic N) is 1. The van der Waals surface area contributed by atoms with Crippen LogP contribution >= 0.6 is 11.6 Å². The van der Waals surface area contributed by atoms with E-state index < -0.39 is 5.82 Å². The lowest BCUT2D eigenvalue weighted by molar-refractivity contribution is 0.131. The van der Waals surface area contributed by atoms with Crippen LogP contribution in [0.4, 0.5) is 10.1 Å². The van der Waals surface area contributed by atoms with Gasteiger partial charge in [-0.05, 0) is 26.0 Å². The molecular formula is C11H12ClFN2O. The number of hydrogen-bond acceptors (Lipinski definition) is 3. The molecule has 0 aliphatic carbocycles. The van der Waals surface area contributed by atoms with Gasteiger partial charge < -0.3 is 10.5 Å². The van der Waals surface area contributed by atoms with Gasteiger partial charge >= 0.3 is 0 Å². The summed E-state index contributed by atoms with van der Waals surface area (Å²) in [6, 6.07) is 2.61. The van der Waals surface area contributed by atoms with Gasteiger partial charge in [-0.15, -0.1) is 0 Å². The second-order valence-corrected chi connectivity index (χ2v) is 4.74. The molecule has 1 aliphatic heterocycles. The topological polar surface area (TPSA) is 47.6 Å². The fourth-order valence-electron chi connectivity index (χ4n) is 1.48. The molecular weight excluding hydrogens is 231 g/mol. The van der Waals surface area contributed by atoms with E-state index >= 15 is 0 Å². The number of aliphatic imine (C=N–C) groups is 1. The minimum absolute atomic E-state index is 0.0141. The zero-order valence-electron chi connectivity index (χ0n) is 9.05. The Morgan fingerprint density at radius 1 is 1.50 bits per heavy atom. The van der Waals surface area contributed by atoms with Crippen molar-refractivity contribution in [3.05, 3.63) is 28.5 Å². The average molecular weight is 243 g/mol. The zero-order valence-corrected chi connectivity index (χ0v) is 9.81. The van der Waals surface area contributed by atoms with Gasteiger partial charge in [0.2, 0.25) is 5.90 Å². The molecule has 0 saturated heterocycles. The highest BCUT2D eigenvalue weighted by Gasteiger charge is 2.29. The van der Waals surface area contributed by atoms with Gasteiger partial charge in [0.15, 0.2) is 0 Å². The molecule has 0 atom stereocenters. The van der Waals surface area contributed by atoms with Crippen LogP contribution in [0, 0.1) is 5.82 Å². The molecule has 3 nitrogen and oxygen atoms in total. The van der Waals surface area contributed by atoms with E-state index in [4.69, 9.17) is 22.1 Å². The van der Waals surface area contributed by atoms with Crippen molar-refractivity contribution in [1.82, 2.24) is 0 Å². The van der Waals surface area contributed by atoms with E-state index in [2.05, 4.69) is 4.99 Å². The van der Waals surface area contributed by atoms with Crippen LogP contribution in [0.3, 0.4) is 0 Å². The number of halogens is 2. The van der Waals surface area contributed by atoms with Gasteiger partial charge in [-0.25, -0.2) is 9.38 Å². The van der Waals surface area contributed by atoms with E-state index in [1.54, 1.807) is 0 Å². The van der Waals surface area contributed by atoms with E-state index in [0.717, 1.165) is 0 Å². The fourth-order valence-corrected chi connectivity index (χ4v) is 1.64. The van der Waals surface area contributed by atoms with E-state index in [0.29, 0.717) is 18.0 Å². The highest BCUT2D eigenvalue weighted by Crippen LogP contribution is 2.27. The Morgan fingerprint density at radius 2 is 2.19 bits per heavy atom. The standard InChI is InChI=1S/C11H12ClFN2O/c1-11(2)5-15-10(16-11)6-3-7(12)8(13)4-9(6)14/h3-4H,5,14H2,1-2H3. The van der Waals surface area contributed by atoms with Crippen LogP contribution in [0.1, 0.15) is 19.4 Å². The Hall–Kier alpha value is -1.29. The summed E-state index contributed by atoms with van der Waals surface area (Å²) >= 11 is 5.69. The van der Waals surface area contributed by atoms with Gasteiger partial charge in [-0.1, -0.05) is 11.6 Å². The van der Waals surface area contributed by atoms with Crippen LogP contribution in [0.5, 0.6) is 0 Å². The molecule has 0 aromatic heterocycles. The van der Waals surface area contributed by atoms with Gasteiger partial charge in [-0.2, -0.15) is 0 Å². The predicted octanol–water partition coefficient (Wildman–Crippen LogP) is 2.62. The number of nitrogen functional groups attached to an aromatic ring is 1. The van der Waals surface area contributed by atoms with Crippen molar-refractivity contribution in [3.63, 3.8) is 0 Å². The maximum absolute atomic E-state index is 13.1. The van der Waals surface area contributed by atoms with Crippen molar-refractivity contribution < 1.29 is 9.13 Å². The predicted molar refractivity (Wildman–Crippen MR) is 62.4 cm³/mol. The normalized spacial score (nSPS) is 18.1. The summed E-state index contributed by atoms with van der Waals surface area (Å²) in [4.78, 5) is 4.22. The third-order valence-corrected chi connectivity index (χ3v) is 2.59.